The minimum Gasteiger partial charge on any atom is -0.491 e. The lowest BCUT2D eigenvalue weighted by Gasteiger charge is -2.12. The third kappa shape index (κ3) is 2.55. The number of halogens is 1. The minimum atomic E-state index is -0.375. The van der Waals surface area contributed by atoms with Crippen molar-refractivity contribution in [1.82, 2.24) is 0 Å². The molecule has 0 aliphatic heterocycles. The Labute approximate surface area is 89.8 Å². The summed E-state index contributed by atoms with van der Waals surface area (Å²) in [7, 11) is 0. The van der Waals surface area contributed by atoms with Gasteiger partial charge >= 0.3 is 0 Å². The summed E-state index contributed by atoms with van der Waals surface area (Å²) in [5.74, 6) is 0.355. The van der Waals surface area contributed by atoms with Crippen molar-refractivity contribution in [2.75, 3.05) is 6.61 Å². The summed E-state index contributed by atoms with van der Waals surface area (Å²) >= 11 is 0. The van der Waals surface area contributed by atoms with Crippen LogP contribution in [0.15, 0.2) is 17.1 Å². The van der Waals surface area contributed by atoms with Crippen molar-refractivity contribution in [3.05, 3.63) is 23.5 Å². The van der Waals surface area contributed by atoms with E-state index in [4.69, 9.17) is 4.74 Å². The van der Waals surface area contributed by atoms with E-state index in [1.54, 1.807) is 0 Å². The molecule has 0 unspecified atom stereocenters. The molecule has 0 saturated heterocycles. The first-order chi connectivity index (χ1) is 7.10. The molecular formula is C12H16FNO. The fraction of sp³-hybridized carbons (Fsp3) is 0.417. The van der Waals surface area contributed by atoms with Crippen LogP contribution in [0.3, 0.4) is 0 Å². The van der Waals surface area contributed by atoms with Gasteiger partial charge in [0.05, 0.1) is 6.61 Å². The number of hydrogen-bond donors (Lipinski definition) is 0. The maximum atomic E-state index is 13.6. The van der Waals surface area contributed by atoms with E-state index in [0.29, 0.717) is 12.4 Å². The van der Waals surface area contributed by atoms with Gasteiger partial charge < -0.3 is 4.74 Å². The summed E-state index contributed by atoms with van der Waals surface area (Å²) < 4.78 is 18.9. The van der Waals surface area contributed by atoms with Crippen LogP contribution in [0.1, 0.15) is 32.3 Å². The summed E-state index contributed by atoms with van der Waals surface area (Å²) in [5.41, 5.74) is 1.10. The van der Waals surface area contributed by atoms with E-state index in [1.807, 2.05) is 26.8 Å². The van der Waals surface area contributed by atoms with Gasteiger partial charge in [0.1, 0.15) is 11.4 Å². The molecule has 1 aromatic rings. The first-order valence-electron chi connectivity index (χ1n) is 5.03. The lowest BCUT2D eigenvalue weighted by Crippen LogP contribution is -1.96. The van der Waals surface area contributed by atoms with E-state index in [0.717, 1.165) is 5.56 Å². The average molecular weight is 209 g/mol. The van der Waals surface area contributed by atoms with Crippen molar-refractivity contribution >= 4 is 12.4 Å². The average Bonchev–Trinajstić information content (AvgIpc) is 2.17. The second-order valence-electron chi connectivity index (χ2n) is 3.60. The molecule has 1 aromatic carbocycles. The molecule has 0 atom stereocenters. The minimum absolute atomic E-state index is 0.196. The molecule has 0 aliphatic carbocycles. The van der Waals surface area contributed by atoms with Crippen LogP contribution in [0.25, 0.3) is 0 Å². The molecule has 0 fully saturated rings. The third-order valence-corrected chi connectivity index (χ3v) is 2.18. The standard InChI is InChI=1S/C12H16FNO/c1-5-15-11-7-9(8(2)3)6-10(13)12(11)14-4/h6-8H,4-5H2,1-3H3. The first-order valence-corrected chi connectivity index (χ1v) is 5.03. The van der Waals surface area contributed by atoms with Gasteiger partial charge in [-0.05, 0) is 37.3 Å². The van der Waals surface area contributed by atoms with Crippen LogP contribution in [-0.2, 0) is 0 Å². The number of rotatable bonds is 4. The van der Waals surface area contributed by atoms with Crippen molar-refractivity contribution < 1.29 is 9.13 Å². The van der Waals surface area contributed by atoms with Gasteiger partial charge in [-0.1, -0.05) is 13.8 Å². The number of hydrogen-bond acceptors (Lipinski definition) is 2. The van der Waals surface area contributed by atoms with Gasteiger partial charge in [-0.25, -0.2) is 4.39 Å². The Bertz CT molecular complexity index is 361. The zero-order valence-electron chi connectivity index (χ0n) is 9.38. The van der Waals surface area contributed by atoms with Crippen LogP contribution in [-0.4, -0.2) is 13.3 Å². The molecule has 3 heteroatoms. The Morgan fingerprint density at radius 3 is 2.60 bits per heavy atom. The van der Waals surface area contributed by atoms with Gasteiger partial charge in [0.15, 0.2) is 5.82 Å². The SMILES string of the molecule is C=Nc1c(F)cc(C(C)C)cc1OCC. The lowest BCUT2D eigenvalue weighted by molar-refractivity contribution is 0.339. The summed E-state index contributed by atoms with van der Waals surface area (Å²) in [4.78, 5) is 3.64. The quantitative estimate of drug-likeness (QED) is 0.693. The molecule has 82 valence electrons. The zero-order valence-corrected chi connectivity index (χ0v) is 9.38. The van der Waals surface area contributed by atoms with Gasteiger partial charge in [0, 0.05) is 0 Å². The molecule has 1 rings (SSSR count). The Balaban J connectivity index is 3.25. The number of benzene rings is 1. The Hall–Kier alpha value is -1.38. The molecule has 0 radical (unpaired) electrons. The highest BCUT2D eigenvalue weighted by Crippen LogP contribution is 2.33. The molecule has 0 saturated carbocycles. The van der Waals surface area contributed by atoms with Crippen molar-refractivity contribution in [1.29, 1.82) is 0 Å². The molecule has 0 N–H and O–H groups in total. The van der Waals surface area contributed by atoms with Gasteiger partial charge in [-0.2, -0.15) is 0 Å². The van der Waals surface area contributed by atoms with Crippen LogP contribution >= 0.6 is 0 Å². The molecule has 0 aliphatic rings. The number of aliphatic imine (C=N–C) groups is 1. The Morgan fingerprint density at radius 1 is 1.47 bits per heavy atom. The van der Waals surface area contributed by atoms with Gasteiger partial charge in [-0.3, -0.25) is 4.99 Å². The highest BCUT2D eigenvalue weighted by atomic mass is 19.1. The predicted molar refractivity (Wildman–Crippen MR) is 60.9 cm³/mol. The summed E-state index contributed by atoms with van der Waals surface area (Å²) in [6, 6.07) is 3.30. The molecule has 0 heterocycles. The number of ether oxygens (including phenoxy) is 1. The molecule has 0 amide bonds. The monoisotopic (exact) mass is 209 g/mol. The molecule has 0 spiro atoms. The van der Waals surface area contributed by atoms with Crippen molar-refractivity contribution in [2.45, 2.75) is 26.7 Å². The van der Waals surface area contributed by atoms with Crippen molar-refractivity contribution in [3.63, 3.8) is 0 Å². The van der Waals surface area contributed by atoms with Gasteiger partial charge in [0.2, 0.25) is 0 Å². The van der Waals surface area contributed by atoms with E-state index in [1.165, 1.54) is 6.07 Å². The third-order valence-electron chi connectivity index (χ3n) is 2.18. The van der Waals surface area contributed by atoms with Gasteiger partial charge in [-0.15, -0.1) is 0 Å². The fourth-order valence-corrected chi connectivity index (χ4v) is 1.35. The van der Waals surface area contributed by atoms with Crippen LogP contribution in [0.4, 0.5) is 10.1 Å². The molecule has 0 aromatic heterocycles. The fourth-order valence-electron chi connectivity index (χ4n) is 1.35. The molecule has 15 heavy (non-hydrogen) atoms. The maximum absolute atomic E-state index is 13.6. The van der Waals surface area contributed by atoms with Crippen LogP contribution in [0.2, 0.25) is 0 Å². The Kier molecular flexibility index (Phi) is 3.83. The largest absolute Gasteiger partial charge is 0.491 e. The zero-order chi connectivity index (χ0) is 11.4. The normalized spacial score (nSPS) is 10.5. The summed E-state index contributed by atoms with van der Waals surface area (Å²) in [6.45, 7) is 9.69. The predicted octanol–water partition coefficient (Wildman–Crippen LogP) is 3.68. The van der Waals surface area contributed by atoms with Crippen molar-refractivity contribution in [3.8, 4) is 5.75 Å². The molecule has 2 nitrogen and oxygen atoms in total. The van der Waals surface area contributed by atoms with Gasteiger partial charge in [0.25, 0.3) is 0 Å². The second-order valence-corrected chi connectivity index (χ2v) is 3.60. The highest BCUT2D eigenvalue weighted by molar-refractivity contribution is 5.58. The number of nitrogens with zero attached hydrogens (tertiary/aromatic N) is 1. The maximum Gasteiger partial charge on any atom is 0.152 e. The van der Waals surface area contributed by atoms with E-state index in [2.05, 4.69) is 11.7 Å². The Morgan fingerprint density at radius 2 is 2.13 bits per heavy atom. The molecular weight excluding hydrogens is 193 g/mol. The van der Waals surface area contributed by atoms with Crippen molar-refractivity contribution in [2.24, 2.45) is 4.99 Å². The smallest absolute Gasteiger partial charge is 0.152 e. The van der Waals surface area contributed by atoms with Crippen LogP contribution < -0.4 is 4.74 Å². The molecule has 0 bridgehead atoms. The highest BCUT2D eigenvalue weighted by Gasteiger charge is 2.12. The van der Waals surface area contributed by atoms with E-state index in [-0.39, 0.29) is 17.4 Å². The van der Waals surface area contributed by atoms with E-state index < -0.39 is 0 Å². The van der Waals surface area contributed by atoms with Crippen LogP contribution in [0, 0.1) is 5.82 Å². The van der Waals surface area contributed by atoms with Crippen LogP contribution in [0.5, 0.6) is 5.75 Å². The van der Waals surface area contributed by atoms with E-state index >= 15 is 0 Å². The summed E-state index contributed by atoms with van der Waals surface area (Å²) in [6.07, 6.45) is 0. The summed E-state index contributed by atoms with van der Waals surface area (Å²) in [5, 5.41) is 0. The van der Waals surface area contributed by atoms with E-state index in [9.17, 15) is 4.39 Å². The topological polar surface area (TPSA) is 21.6 Å². The first kappa shape index (κ1) is 11.7. The lowest BCUT2D eigenvalue weighted by atomic mass is 10.0. The second kappa shape index (κ2) is 4.91.